The maximum absolute atomic E-state index is 13.1. The summed E-state index contributed by atoms with van der Waals surface area (Å²) >= 11 is 7.25. The number of halogens is 1. The third-order valence-electron chi connectivity index (χ3n) is 4.95. The lowest BCUT2D eigenvalue weighted by molar-refractivity contribution is -0.118. The SMILES string of the molecule is O=C(CSc1nc2ccccc2c(=O)n1CC1CCCO1)NCc1cccc(Cl)c1. The lowest BCUT2D eigenvalue weighted by atomic mass is 10.2. The fourth-order valence-electron chi connectivity index (χ4n) is 3.44. The number of fused-ring (bicyclic) bond motifs is 1. The second-order valence-corrected chi connectivity index (χ2v) is 8.54. The maximum atomic E-state index is 13.1. The highest BCUT2D eigenvalue weighted by atomic mass is 35.5. The molecule has 3 aromatic rings. The molecule has 4 rings (SSSR count). The number of hydrogen-bond acceptors (Lipinski definition) is 5. The minimum atomic E-state index is -0.133. The Kier molecular flexibility index (Phi) is 6.72. The van der Waals surface area contributed by atoms with E-state index in [9.17, 15) is 9.59 Å². The molecule has 1 atom stereocenters. The van der Waals surface area contributed by atoms with Crippen LogP contribution in [0.3, 0.4) is 0 Å². The van der Waals surface area contributed by atoms with Crippen molar-refractivity contribution in [1.82, 2.24) is 14.9 Å². The molecule has 1 saturated heterocycles. The lowest BCUT2D eigenvalue weighted by Crippen LogP contribution is -2.30. The number of thioether (sulfide) groups is 1. The van der Waals surface area contributed by atoms with Crippen LogP contribution in [0, 0.1) is 0 Å². The molecule has 1 aliphatic heterocycles. The van der Waals surface area contributed by atoms with E-state index in [0.717, 1.165) is 25.0 Å². The number of ether oxygens (including phenoxy) is 1. The third kappa shape index (κ3) is 5.03. The first kappa shape index (κ1) is 20.9. The van der Waals surface area contributed by atoms with Gasteiger partial charge in [0.25, 0.3) is 5.56 Å². The van der Waals surface area contributed by atoms with Crippen LogP contribution in [-0.4, -0.2) is 33.9 Å². The van der Waals surface area contributed by atoms with Gasteiger partial charge in [-0.15, -0.1) is 0 Å². The van der Waals surface area contributed by atoms with E-state index in [1.54, 1.807) is 16.7 Å². The van der Waals surface area contributed by atoms with Crippen LogP contribution < -0.4 is 10.9 Å². The number of para-hydroxylation sites is 1. The average molecular weight is 444 g/mol. The molecule has 0 radical (unpaired) electrons. The van der Waals surface area contributed by atoms with Gasteiger partial charge in [-0.25, -0.2) is 4.98 Å². The van der Waals surface area contributed by atoms with Crippen LogP contribution in [0.2, 0.25) is 5.02 Å². The summed E-state index contributed by atoms with van der Waals surface area (Å²) in [6.07, 6.45) is 1.92. The van der Waals surface area contributed by atoms with Gasteiger partial charge in [-0.1, -0.05) is 47.6 Å². The second-order valence-electron chi connectivity index (χ2n) is 7.16. The second kappa shape index (κ2) is 9.64. The van der Waals surface area contributed by atoms with E-state index < -0.39 is 0 Å². The number of carbonyl (C=O) groups excluding carboxylic acids is 1. The number of aromatic nitrogens is 2. The molecule has 1 N–H and O–H groups in total. The molecule has 1 aromatic heterocycles. The van der Waals surface area contributed by atoms with Crippen LogP contribution in [-0.2, 0) is 22.6 Å². The van der Waals surface area contributed by atoms with Gasteiger partial charge in [0.1, 0.15) is 0 Å². The summed E-state index contributed by atoms with van der Waals surface area (Å²) in [7, 11) is 0. The summed E-state index contributed by atoms with van der Waals surface area (Å²) in [4.78, 5) is 30.1. The minimum Gasteiger partial charge on any atom is -0.376 e. The first-order valence-electron chi connectivity index (χ1n) is 9.85. The summed E-state index contributed by atoms with van der Waals surface area (Å²) in [6.45, 7) is 1.56. The predicted octanol–water partition coefficient (Wildman–Crippen LogP) is 3.64. The fourth-order valence-corrected chi connectivity index (χ4v) is 4.49. The topological polar surface area (TPSA) is 73.2 Å². The van der Waals surface area contributed by atoms with E-state index in [1.807, 2.05) is 36.4 Å². The van der Waals surface area contributed by atoms with Crippen LogP contribution in [0.15, 0.2) is 58.5 Å². The standard InChI is InChI=1S/C22H22ClN3O3S/c23-16-6-3-5-15(11-16)12-24-20(27)14-30-22-25-19-9-2-1-8-18(19)21(28)26(22)13-17-7-4-10-29-17/h1-3,5-6,8-9,11,17H,4,7,10,12-14H2,(H,24,27). The number of amides is 1. The van der Waals surface area contributed by atoms with E-state index in [-0.39, 0.29) is 23.3 Å². The van der Waals surface area contributed by atoms with E-state index >= 15 is 0 Å². The van der Waals surface area contributed by atoms with E-state index in [4.69, 9.17) is 16.3 Å². The van der Waals surface area contributed by atoms with Gasteiger partial charge in [0, 0.05) is 18.2 Å². The van der Waals surface area contributed by atoms with Gasteiger partial charge in [-0.3, -0.25) is 14.2 Å². The summed E-state index contributed by atoms with van der Waals surface area (Å²) in [5.41, 5.74) is 1.46. The van der Waals surface area contributed by atoms with Crippen molar-refractivity contribution < 1.29 is 9.53 Å². The Balaban J connectivity index is 1.49. The Morgan fingerprint density at radius 1 is 1.27 bits per heavy atom. The molecule has 0 spiro atoms. The quantitative estimate of drug-likeness (QED) is 0.446. The van der Waals surface area contributed by atoms with Crippen molar-refractivity contribution in [3.05, 3.63) is 69.5 Å². The van der Waals surface area contributed by atoms with Crippen LogP contribution >= 0.6 is 23.4 Å². The third-order valence-corrected chi connectivity index (χ3v) is 6.16. The predicted molar refractivity (Wildman–Crippen MR) is 119 cm³/mol. The van der Waals surface area contributed by atoms with Crippen molar-refractivity contribution in [1.29, 1.82) is 0 Å². The van der Waals surface area contributed by atoms with Gasteiger partial charge < -0.3 is 10.1 Å². The van der Waals surface area contributed by atoms with Gasteiger partial charge in [0.05, 0.1) is 29.3 Å². The molecule has 0 saturated carbocycles. The molecule has 8 heteroatoms. The molecule has 0 bridgehead atoms. The number of benzene rings is 2. The van der Waals surface area contributed by atoms with Gasteiger partial charge in [-0.2, -0.15) is 0 Å². The Morgan fingerprint density at radius 2 is 2.13 bits per heavy atom. The van der Waals surface area contributed by atoms with E-state index in [1.165, 1.54) is 11.8 Å². The Morgan fingerprint density at radius 3 is 2.93 bits per heavy atom. The van der Waals surface area contributed by atoms with Gasteiger partial charge in [-0.05, 0) is 42.7 Å². The molecule has 1 unspecified atom stereocenters. The molecule has 1 amide bonds. The number of nitrogens with one attached hydrogen (secondary N) is 1. The largest absolute Gasteiger partial charge is 0.376 e. The number of rotatable bonds is 7. The molecule has 0 aliphatic carbocycles. The first-order valence-corrected chi connectivity index (χ1v) is 11.2. The van der Waals surface area contributed by atoms with Crippen molar-refractivity contribution in [3.63, 3.8) is 0 Å². The van der Waals surface area contributed by atoms with Crippen molar-refractivity contribution in [2.75, 3.05) is 12.4 Å². The van der Waals surface area contributed by atoms with Crippen LogP contribution in [0.4, 0.5) is 0 Å². The van der Waals surface area contributed by atoms with E-state index in [0.29, 0.717) is 34.2 Å². The summed E-state index contributed by atoms with van der Waals surface area (Å²) < 4.78 is 7.36. The number of carbonyl (C=O) groups is 1. The first-order chi connectivity index (χ1) is 14.6. The Bertz CT molecular complexity index is 1110. The highest BCUT2D eigenvalue weighted by molar-refractivity contribution is 7.99. The van der Waals surface area contributed by atoms with Crippen LogP contribution in [0.1, 0.15) is 18.4 Å². The van der Waals surface area contributed by atoms with Crippen molar-refractivity contribution >= 4 is 40.2 Å². The van der Waals surface area contributed by atoms with Crippen molar-refractivity contribution in [2.45, 2.75) is 37.2 Å². The summed E-state index contributed by atoms with van der Waals surface area (Å²) in [6, 6.07) is 14.6. The highest BCUT2D eigenvalue weighted by Crippen LogP contribution is 2.21. The zero-order valence-corrected chi connectivity index (χ0v) is 17.9. The molecule has 1 aliphatic rings. The molecular weight excluding hydrogens is 422 g/mol. The van der Waals surface area contributed by atoms with E-state index in [2.05, 4.69) is 10.3 Å². The highest BCUT2D eigenvalue weighted by Gasteiger charge is 2.20. The molecule has 30 heavy (non-hydrogen) atoms. The minimum absolute atomic E-state index is 0.00154. The molecule has 2 heterocycles. The van der Waals surface area contributed by atoms with Gasteiger partial charge in [0.15, 0.2) is 5.16 Å². The van der Waals surface area contributed by atoms with Crippen LogP contribution in [0.25, 0.3) is 10.9 Å². The molecule has 2 aromatic carbocycles. The van der Waals surface area contributed by atoms with Crippen LogP contribution in [0.5, 0.6) is 0 Å². The lowest BCUT2D eigenvalue weighted by Gasteiger charge is -2.16. The zero-order valence-electron chi connectivity index (χ0n) is 16.3. The summed E-state index contributed by atoms with van der Waals surface area (Å²) in [5.74, 6) is 0.0303. The smallest absolute Gasteiger partial charge is 0.262 e. The van der Waals surface area contributed by atoms with Crippen molar-refractivity contribution in [2.24, 2.45) is 0 Å². The van der Waals surface area contributed by atoms with Gasteiger partial charge in [0.2, 0.25) is 5.91 Å². The number of nitrogens with zero attached hydrogens (tertiary/aromatic N) is 2. The molecule has 156 valence electrons. The average Bonchev–Trinajstić information content (AvgIpc) is 3.26. The number of hydrogen-bond donors (Lipinski definition) is 1. The Hall–Kier alpha value is -2.35. The zero-order chi connectivity index (χ0) is 20.9. The monoisotopic (exact) mass is 443 g/mol. The Labute approximate surface area is 183 Å². The maximum Gasteiger partial charge on any atom is 0.262 e. The fraction of sp³-hybridized carbons (Fsp3) is 0.318. The molecular formula is C22H22ClN3O3S. The molecule has 1 fully saturated rings. The van der Waals surface area contributed by atoms with Crippen molar-refractivity contribution in [3.8, 4) is 0 Å². The molecule has 6 nitrogen and oxygen atoms in total. The van der Waals surface area contributed by atoms with Gasteiger partial charge >= 0.3 is 0 Å². The summed E-state index contributed by atoms with van der Waals surface area (Å²) in [5, 5.41) is 4.63. The normalized spacial score (nSPS) is 16.1.